The minimum Gasteiger partial charge on any atom is -0.378 e. The van der Waals surface area contributed by atoms with Crippen LogP contribution in [0.25, 0.3) is 0 Å². The van der Waals surface area contributed by atoms with E-state index in [4.69, 9.17) is 4.74 Å². The number of benzene rings is 1. The van der Waals surface area contributed by atoms with Crippen LogP contribution in [0, 0.1) is 0 Å². The number of alkyl halides is 3. The van der Waals surface area contributed by atoms with Crippen LogP contribution < -0.4 is 10.6 Å². The number of amides is 2. The third-order valence-corrected chi connectivity index (χ3v) is 4.11. The zero-order valence-electron chi connectivity index (χ0n) is 13.9. The summed E-state index contributed by atoms with van der Waals surface area (Å²) in [6.45, 7) is 5.52. The molecule has 1 heterocycles. The Bertz CT molecular complexity index is 561. The molecule has 1 saturated heterocycles. The van der Waals surface area contributed by atoms with Gasteiger partial charge in [0.25, 0.3) is 0 Å². The molecule has 1 aliphatic heterocycles. The van der Waals surface area contributed by atoms with Gasteiger partial charge in [-0.05, 0) is 38.1 Å². The molecular weight excluding hydrogens is 323 g/mol. The fourth-order valence-electron chi connectivity index (χ4n) is 2.68. The van der Waals surface area contributed by atoms with Crippen molar-refractivity contribution < 1.29 is 22.7 Å². The molecule has 1 fully saturated rings. The Morgan fingerprint density at radius 3 is 2.38 bits per heavy atom. The lowest BCUT2D eigenvalue weighted by Gasteiger charge is -2.20. The highest BCUT2D eigenvalue weighted by atomic mass is 19.4. The highest BCUT2D eigenvalue weighted by Gasteiger charge is 2.35. The number of hydrogen-bond donors (Lipinski definition) is 2. The number of carbonyl (C=O) groups excluding carboxylic acids is 1. The van der Waals surface area contributed by atoms with E-state index in [1.54, 1.807) is 7.11 Å². The van der Waals surface area contributed by atoms with Crippen molar-refractivity contribution in [3.8, 4) is 0 Å². The molecule has 0 aliphatic carbocycles. The van der Waals surface area contributed by atoms with Crippen LogP contribution in [-0.2, 0) is 10.9 Å². The summed E-state index contributed by atoms with van der Waals surface area (Å²) in [7, 11) is 1.59. The molecule has 2 rings (SSSR count). The first kappa shape index (κ1) is 18.5. The predicted octanol–water partition coefficient (Wildman–Crippen LogP) is 2.93. The fraction of sp³-hybridized carbons (Fsp3) is 0.562. The Balaban J connectivity index is 1.93. The average Bonchev–Trinajstić information content (AvgIpc) is 2.90. The van der Waals surface area contributed by atoms with E-state index in [1.807, 2.05) is 0 Å². The minimum atomic E-state index is -4.39. The van der Waals surface area contributed by atoms with E-state index < -0.39 is 17.8 Å². The molecule has 0 radical (unpaired) electrons. The fourth-order valence-corrected chi connectivity index (χ4v) is 2.68. The lowest BCUT2D eigenvalue weighted by atomic mass is 10.2. The Hall–Kier alpha value is -1.80. The quantitative estimate of drug-likeness (QED) is 0.882. The maximum Gasteiger partial charge on any atom is 0.416 e. The molecule has 8 heteroatoms. The van der Waals surface area contributed by atoms with Crippen molar-refractivity contribution in [2.75, 3.05) is 25.5 Å². The van der Waals surface area contributed by atoms with Crippen molar-refractivity contribution in [2.45, 2.75) is 38.2 Å². The maximum absolute atomic E-state index is 12.5. The molecular formula is C16H22F3N3O2. The van der Waals surface area contributed by atoms with E-state index in [1.165, 1.54) is 12.1 Å². The number of ether oxygens (including phenoxy) is 1. The summed E-state index contributed by atoms with van der Waals surface area (Å²) in [5, 5.41) is 5.36. The van der Waals surface area contributed by atoms with Gasteiger partial charge in [-0.1, -0.05) is 0 Å². The summed E-state index contributed by atoms with van der Waals surface area (Å²) in [4.78, 5) is 14.3. The molecule has 2 amide bonds. The number of nitrogens with one attached hydrogen (secondary N) is 2. The zero-order chi connectivity index (χ0) is 17.9. The number of urea groups is 1. The summed E-state index contributed by atoms with van der Waals surface area (Å²) in [6, 6.07) is 4.02. The lowest BCUT2D eigenvalue weighted by molar-refractivity contribution is -0.137. The van der Waals surface area contributed by atoms with Gasteiger partial charge in [0.15, 0.2) is 0 Å². The maximum atomic E-state index is 12.5. The van der Waals surface area contributed by atoms with Gasteiger partial charge < -0.3 is 15.4 Å². The van der Waals surface area contributed by atoms with E-state index >= 15 is 0 Å². The number of halogens is 3. The van der Waals surface area contributed by atoms with Crippen LogP contribution in [0.4, 0.5) is 23.7 Å². The van der Waals surface area contributed by atoms with Crippen LogP contribution in [0.2, 0.25) is 0 Å². The summed E-state index contributed by atoms with van der Waals surface area (Å²) in [5.41, 5.74) is -0.454. The first-order valence-corrected chi connectivity index (χ1v) is 7.72. The summed E-state index contributed by atoms with van der Waals surface area (Å²) in [6.07, 6.45) is -4.51. The molecule has 24 heavy (non-hydrogen) atoms. The standard InChI is InChI=1S/C16H22F3N3O2/c1-10(2)22-8-13(14(9-22)24-3)21-15(23)20-12-6-4-11(5-7-12)16(17,18)19/h4-7,10,13-14H,8-9H2,1-3H3,(H2,20,21,23)/t13-,14-/m1/s1. The number of likely N-dealkylation sites (tertiary alicyclic amines) is 1. The van der Waals surface area contributed by atoms with E-state index in [2.05, 4.69) is 29.4 Å². The molecule has 134 valence electrons. The molecule has 5 nitrogen and oxygen atoms in total. The number of hydrogen-bond acceptors (Lipinski definition) is 3. The number of nitrogens with zero attached hydrogens (tertiary/aromatic N) is 1. The summed E-state index contributed by atoms with van der Waals surface area (Å²) in [5.74, 6) is 0. The number of anilines is 1. The smallest absolute Gasteiger partial charge is 0.378 e. The van der Waals surface area contributed by atoms with Crippen molar-refractivity contribution in [2.24, 2.45) is 0 Å². The highest BCUT2D eigenvalue weighted by molar-refractivity contribution is 5.89. The molecule has 1 aromatic rings. The van der Waals surface area contributed by atoms with Gasteiger partial charge in [0.05, 0.1) is 17.7 Å². The van der Waals surface area contributed by atoms with Gasteiger partial charge in [-0.25, -0.2) is 4.79 Å². The molecule has 1 aromatic carbocycles. The minimum absolute atomic E-state index is 0.120. The van der Waals surface area contributed by atoms with Crippen LogP contribution in [0.15, 0.2) is 24.3 Å². The topological polar surface area (TPSA) is 53.6 Å². The zero-order valence-corrected chi connectivity index (χ0v) is 13.9. The number of rotatable bonds is 4. The molecule has 0 spiro atoms. The van der Waals surface area contributed by atoms with Crippen LogP contribution in [-0.4, -0.2) is 49.3 Å². The molecule has 1 aliphatic rings. The first-order chi connectivity index (χ1) is 11.2. The third-order valence-electron chi connectivity index (χ3n) is 4.11. The van der Waals surface area contributed by atoms with Gasteiger partial charge in [-0.15, -0.1) is 0 Å². The van der Waals surface area contributed by atoms with E-state index in [0.717, 1.165) is 18.7 Å². The monoisotopic (exact) mass is 345 g/mol. The van der Waals surface area contributed by atoms with Crippen molar-refractivity contribution in [1.29, 1.82) is 0 Å². The number of methoxy groups -OCH3 is 1. The Morgan fingerprint density at radius 1 is 1.25 bits per heavy atom. The van der Waals surface area contributed by atoms with E-state index in [-0.39, 0.29) is 12.1 Å². The highest BCUT2D eigenvalue weighted by Crippen LogP contribution is 2.29. The van der Waals surface area contributed by atoms with Crippen LogP contribution in [0.5, 0.6) is 0 Å². The average molecular weight is 345 g/mol. The summed E-state index contributed by atoms with van der Waals surface area (Å²) < 4.78 is 43.0. The second-order valence-electron chi connectivity index (χ2n) is 6.10. The van der Waals surface area contributed by atoms with Crippen molar-refractivity contribution in [3.05, 3.63) is 29.8 Å². The van der Waals surface area contributed by atoms with Gasteiger partial charge >= 0.3 is 12.2 Å². The third kappa shape index (κ3) is 4.61. The van der Waals surface area contributed by atoms with Crippen molar-refractivity contribution >= 4 is 11.7 Å². The van der Waals surface area contributed by atoms with Crippen LogP contribution in [0.1, 0.15) is 19.4 Å². The molecule has 0 unspecified atom stereocenters. The Morgan fingerprint density at radius 2 is 1.88 bits per heavy atom. The molecule has 2 atom stereocenters. The van der Waals surface area contributed by atoms with Gasteiger partial charge in [0.2, 0.25) is 0 Å². The van der Waals surface area contributed by atoms with Gasteiger partial charge in [0, 0.05) is 31.9 Å². The summed E-state index contributed by atoms with van der Waals surface area (Å²) >= 11 is 0. The van der Waals surface area contributed by atoms with Crippen LogP contribution in [0.3, 0.4) is 0 Å². The SMILES string of the molecule is CO[C@@H]1CN(C(C)C)C[C@H]1NC(=O)Nc1ccc(C(F)(F)F)cc1. The van der Waals surface area contributed by atoms with Gasteiger partial charge in [-0.2, -0.15) is 13.2 Å². The van der Waals surface area contributed by atoms with E-state index in [9.17, 15) is 18.0 Å². The lowest BCUT2D eigenvalue weighted by Crippen LogP contribution is -2.45. The molecule has 2 N–H and O–H groups in total. The molecule has 0 aromatic heterocycles. The largest absolute Gasteiger partial charge is 0.416 e. The normalized spacial score (nSPS) is 22.0. The second-order valence-corrected chi connectivity index (χ2v) is 6.10. The Labute approximate surface area is 139 Å². The second kappa shape index (κ2) is 7.40. The predicted molar refractivity (Wildman–Crippen MR) is 84.9 cm³/mol. The van der Waals surface area contributed by atoms with Crippen molar-refractivity contribution in [3.63, 3.8) is 0 Å². The van der Waals surface area contributed by atoms with Crippen molar-refractivity contribution in [1.82, 2.24) is 10.2 Å². The first-order valence-electron chi connectivity index (χ1n) is 7.72. The molecule has 0 saturated carbocycles. The van der Waals surface area contributed by atoms with Gasteiger partial charge in [0.1, 0.15) is 0 Å². The molecule has 0 bridgehead atoms. The number of carbonyl (C=O) groups is 1. The Kier molecular flexibility index (Phi) is 5.71. The van der Waals surface area contributed by atoms with Gasteiger partial charge in [-0.3, -0.25) is 4.90 Å². The van der Waals surface area contributed by atoms with E-state index in [0.29, 0.717) is 18.3 Å². The van der Waals surface area contributed by atoms with Crippen LogP contribution >= 0.6 is 0 Å².